The number of benzene rings is 1. The minimum absolute atomic E-state index is 0.00769. The second-order valence-electron chi connectivity index (χ2n) is 5.25. The van der Waals surface area contributed by atoms with E-state index in [0.717, 1.165) is 5.56 Å². The van der Waals surface area contributed by atoms with Gasteiger partial charge in [0.2, 0.25) is 0 Å². The molecule has 1 aliphatic carbocycles. The quantitative estimate of drug-likeness (QED) is 0.815. The van der Waals surface area contributed by atoms with Crippen LogP contribution in [0.15, 0.2) is 42.5 Å². The molecule has 0 saturated heterocycles. The molecule has 0 aliphatic heterocycles. The number of hydrogen-bond acceptors (Lipinski definition) is 3. The van der Waals surface area contributed by atoms with Gasteiger partial charge < -0.3 is 10.2 Å². The second kappa shape index (κ2) is 6.13. The molecule has 1 saturated carbocycles. The van der Waals surface area contributed by atoms with Gasteiger partial charge in [-0.25, -0.2) is 0 Å². The van der Waals surface area contributed by atoms with E-state index >= 15 is 0 Å². The van der Waals surface area contributed by atoms with E-state index in [1.807, 2.05) is 37.3 Å². The highest BCUT2D eigenvalue weighted by Gasteiger charge is 2.29. The van der Waals surface area contributed by atoms with Crippen LogP contribution in [0.1, 0.15) is 31.2 Å². The van der Waals surface area contributed by atoms with Crippen molar-refractivity contribution in [3.05, 3.63) is 48.0 Å². The molecule has 2 rings (SSSR count). The molecule has 19 heavy (non-hydrogen) atoms. The minimum atomic E-state index is -0.606. The summed E-state index contributed by atoms with van der Waals surface area (Å²) in [5.41, 5.74) is 1.07. The van der Waals surface area contributed by atoms with Gasteiger partial charge in [-0.15, -0.1) is 0 Å². The Morgan fingerprint density at radius 1 is 1.26 bits per heavy atom. The van der Waals surface area contributed by atoms with E-state index < -0.39 is 12.2 Å². The molecule has 0 heterocycles. The molecular formula is C16H20O3. The van der Waals surface area contributed by atoms with Gasteiger partial charge in [-0.3, -0.25) is 4.79 Å². The highest BCUT2D eigenvalue weighted by Crippen LogP contribution is 2.25. The maximum Gasteiger partial charge on any atom is 0.136 e. The number of rotatable bonds is 4. The van der Waals surface area contributed by atoms with E-state index in [1.54, 1.807) is 12.2 Å². The highest BCUT2D eigenvalue weighted by atomic mass is 16.3. The van der Waals surface area contributed by atoms with Crippen molar-refractivity contribution in [3.63, 3.8) is 0 Å². The number of hydrogen-bond donors (Lipinski definition) is 2. The summed E-state index contributed by atoms with van der Waals surface area (Å²) in [7, 11) is 0. The summed E-state index contributed by atoms with van der Waals surface area (Å²) in [5.74, 6) is -0.0652. The van der Waals surface area contributed by atoms with E-state index in [2.05, 4.69) is 0 Å². The van der Waals surface area contributed by atoms with E-state index in [9.17, 15) is 15.0 Å². The van der Waals surface area contributed by atoms with Gasteiger partial charge in [0.25, 0.3) is 0 Å². The van der Waals surface area contributed by atoms with Crippen LogP contribution in [-0.4, -0.2) is 28.2 Å². The lowest BCUT2D eigenvalue weighted by atomic mass is 9.94. The molecule has 102 valence electrons. The number of ketones is 1. The predicted octanol–water partition coefficient (Wildman–Crippen LogP) is 2.05. The van der Waals surface area contributed by atoms with Crippen molar-refractivity contribution in [2.24, 2.45) is 5.92 Å². The summed E-state index contributed by atoms with van der Waals surface area (Å²) in [6.07, 6.45) is 2.89. The lowest BCUT2D eigenvalue weighted by molar-refractivity contribution is -0.117. The molecule has 3 heteroatoms. The zero-order valence-corrected chi connectivity index (χ0v) is 11.1. The van der Waals surface area contributed by atoms with Crippen LogP contribution in [0.5, 0.6) is 0 Å². The summed E-state index contributed by atoms with van der Waals surface area (Å²) in [6, 6.07) is 9.80. The molecule has 0 radical (unpaired) electrons. The highest BCUT2D eigenvalue weighted by molar-refractivity contribution is 5.81. The molecule has 0 bridgehead atoms. The first kappa shape index (κ1) is 14.0. The summed E-state index contributed by atoms with van der Waals surface area (Å²) >= 11 is 0. The van der Waals surface area contributed by atoms with Gasteiger partial charge in [0.15, 0.2) is 0 Å². The van der Waals surface area contributed by atoms with Gasteiger partial charge in [-0.2, -0.15) is 0 Å². The van der Waals surface area contributed by atoms with Crippen molar-refractivity contribution in [1.82, 2.24) is 0 Å². The molecule has 0 spiro atoms. The molecule has 3 unspecified atom stereocenters. The third-order valence-corrected chi connectivity index (χ3v) is 3.79. The predicted molar refractivity (Wildman–Crippen MR) is 73.7 cm³/mol. The number of Topliss-reactive ketones (excluding diaryl/α,β-unsaturated/α-hetero) is 1. The van der Waals surface area contributed by atoms with Crippen molar-refractivity contribution < 1.29 is 15.0 Å². The van der Waals surface area contributed by atoms with Crippen molar-refractivity contribution in [3.8, 4) is 0 Å². The second-order valence-corrected chi connectivity index (χ2v) is 5.25. The standard InChI is InChI=1S/C16H20O3/c1-11(12-5-3-2-4-6-12)15(18)8-7-13-9-14(17)10-16(13)19/h2-8,11,13,15-16,18-19H,9-10H2,1H3/b8-7+/t11?,13-,15?,16?/m1/s1. The summed E-state index contributed by atoms with van der Waals surface area (Å²) < 4.78 is 0. The number of aliphatic hydroxyl groups is 2. The third kappa shape index (κ3) is 3.52. The van der Waals surface area contributed by atoms with E-state index in [-0.39, 0.29) is 24.0 Å². The minimum Gasteiger partial charge on any atom is -0.392 e. The Morgan fingerprint density at radius 2 is 1.95 bits per heavy atom. The maximum absolute atomic E-state index is 11.2. The Balaban J connectivity index is 1.97. The Kier molecular flexibility index (Phi) is 4.51. The Labute approximate surface area is 113 Å². The first-order valence-corrected chi connectivity index (χ1v) is 6.69. The molecule has 0 aromatic heterocycles. The van der Waals surface area contributed by atoms with Gasteiger partial charge >= 0.3 is 0 Å². The smallest absolute Gasteiger partial charge is 0.136 e. The van der Waals surface area contributed by atoms with Crippen LogP contribution in [0.3, 0.4) is 0 Å². The number of carbonyl (C=O) groups is 1. The van der Waals surface area contributed by atoms with Gasteiger partial charge in [0, 0.05) is 24.7 Å². The summed E-state index contributed by atoms with van der Waals surface area (Å²) in [5, 5.41) is 19.8. The van der Waals surface area contributed by atoms with Crippen molar-refractivity contribution >= 4 is 5.78 Å². The topological polar surface area (TPSA) is 57.5 Å². The fraction of sp³-hybridized carbons (Fsp3) is 0.438. The molecule has 2 N–H and O–H groups in total. The zero-order valence-electron chi connectivity index (χ0n) is 11.1. The van der Waals surface area contributed by atoms with Crippen LogP contribution >= 0.6 is 0 Å². The van der Waals surface area contributed by atoms with E-state index in [1.165, 1.54) is 0 Å². The van der Waals surface area contributed by atoms with Crippen LogP contribution in [0, 0.1) is 5.92 Å². The summed E-state index contributed by atoms with van der Waals surface area (Å²) in [4.78, 5) is 11.2. The molecule has 1 aliphatic rings. The van der Waals surface area contributed by atoms with E-state index in [4.69, 9.17) is 0 Å². The number of aliphatic hydroxyl groups excluding tert-OH is 2. The molecule has 1 aromatic carbocycles. The van der Waals surface area contributed by atoms with Crippen LogP contribution in [0.25, 0.3) is 0 Å². The fourth-order valence-electron chi connectivity index (χ4n) is 2.44. The fourth-order valence-corrected chi connectivity index (χ4v) is 2.44. The summed E-state index contributed by atoms with van der Waals surface area (Å²) in [6.45, 7) is 1.96. The number of carbonyl (C=O) groups excluding carboxylic acids is 1. The molecule has 0 amide bonds. The van der Waals surface area contributed by atoms with E-state index in [0.29, 0.717) is 6.42 Å². The average Bonchev–Trinajstić information content (AvgIpc) is 2.74. The molecule has 4 atom stereocenters. The molecular weight excluding hydrogens is 240 g/mol. The van der Waals surface area contributed by atoms with Gasteiger partial charge in [-0.1, -0.05) is 49.4 Å². The van der Waals surface area contributed by atoms with Gasteiger partial charge in [-0.05, 0) is 5.56 Å². The van der Waals surface area contributed by atoms with Crippen molar-refractivity contribution in [2.45, 2.75) is 37.9 Å². The molecule has 3 nitrogen and oxygen atoms in total. The average molecular weight is 260 g/mol. The van der Waals surface area contributed by atoms with Crippen molar-refractivity contribution in [2.75, 3.05) is 0 Å². The Hall–Kier alpha value is -1.45. The van der Waals surface area contributed by atoms with Gasteiger partial charge in [0.05, 0.1) is 12.2 Å². The largest absolute Gasteiger partial charge is 0.392 e. The van der Waals surface area contributed by atoms with Crippen LogP contribution < -0.4 is 0 Å². The van der Waals surface area contributed by atoms with Crippen LogP contribution in [0.2, 0.25) is 0 Å². The zero-order chi connectivity index (χ0) is 13.8. The SMILES string of the molecule is CC(c1ccccc1)C(O)/C=C/[C@@H]1CC(=O)CC1O. The monoisotopic (exact) mass is 260 g/mol. The third-order valence-electron chi connectivity index (χ3n) is 3.79. The van der Waals surface area contributed by atoms with Crippen LogP contribution in [-0.2, 0) is 4.79 Å². The van der Waals surface area contributed by atoms with Crippen molar-refractivity contribution in [1.29, 1.82) is 0 Å². The lowest BCUT2D eigenvalue weighted by Crippen LogP contribution is -2.15. The molecule has 1 aromatic rings. The maximum atomic E-state index is 11.2. The Bertz CT molecular complexity index is 452. The Morgan fingerprint density at radius 3 is 2.53 bits per heavy atom. The normalized spacial score (nSPS) is 26.8. The van der Waals surface area contributed by atoms with Gasteiger partial charge in [0.1, 0.15) is 5.78 Å². The first-order chi connectivity index (χ1) is 9.08. The molecule has 1 fully saturated rings. The first-order valence-electron chi connectivity index (χ1n) is 6.69. The lowest BCUT2D eigenvalue weighted by Gasteiger charge is -2.17. The van der Waals surface area contributed by atoms with Crippen LogP contribution in [0.4, 0.5) is 0 Å².